The zero-order valence-corrected chi connectivity index (χ0v) is 24.0. The molecule has 0 atom stereocenters. The molecule has 13 heteroatoms. The Morgan fingerprint density at radius 2 is 0.421 bits per heavy atom. The highest BCUT2D eigenvalue weighted by molar-refractivity contribution is 6.17. The van der Waals surface area contributed by atoms with Gasteiger partial charge in [0.2, 0.25) is 0 Å². The second-order valence-electron chi connectivity index (χ2n) is 7.42. The number of ether oxygens (including phenoxy) is 12. The normalized spacial score (nSPS) is 11.5. The monoisotopic (exact) mass is 578 g/mol. The maximum Gasteiger partial charge on any atom is 0.0701 e. The maximum absolute atomic E-state index is 5.50. The van der Waals surface area contributed by atoms with E-state index in [4.69, 9.17) is 68.4 Å². The molecule has 0 aromatic heterocycles. The Labute approximate surface area is 233 Å². The molecule has 0 N–H and O–H groups in total. The quantitative estimate of drug-likeness (QED) is 0.0791. The standard InChI is InChI=1S/C25H51ClO12/c1-27-4-5-29-8-9-31-12-13-33-16-17-35-20-21-37-24-25-38-23-22-36-19-18-34-15-14-32-11-10-30-7-6-28-3-2-26/h2-25H2,1H3. The highest BCUT2D eigenvalue weighted by atomic mass is 35.5. The number of methoxy groups -OCH3 is 1. The van der Waals surface area contributed by atoms with Gasteiger partial charge >= 0.3 is 0 Å². The molecule has 230 valence electrons. The summed E-state index contributed by atoms with van der Waals surface area (Å²) in [4.78, 5) is 0. The van der Waals surface area contributed by atoms with Gasteiger partial charge in [-0.25, -0.2) is 0 Å². The van der Waals surface area contributed by atoms with Crippen LogP contribution in [0.3, 0.4) is 0 Å². The van der Waals surface area contributed by atoms with Gasteiger partial charge in [0.05, 0.1) is 152 Å². The summed E-state index contributed by atoms with van der Waals surface area (Å²) in [6.07, 6.45) is 0. The molecule has 0 aliphatic carbocycles. The van der Waals surface area contributed by atoms with E-state index in [1.165, 1.54) is 0 Å². The minimum Gasteiger partial charge on any atom is -0.382 e. The molecule has 0 spiro atoms. The molecule has 0 aliphatic rings. The lowest BCUT2D eigenvalue weighted by Crippen LogP contribution is -2.15. The lowest BCUT2D eigenvalue weighted by molar-refractivity contribution is -0.0279. The first-order chi connectivity index (χ1) is 18.9. The van der Waals surface area contributed by atoms with Gasteiger partial charge in [-0.1, -0.05) is 0 Å². The molecule has 0 heterocycles. The topological polar surface area (TPSA) is 111 Å². The summed E-state index contributed by atoms with van der Waals surface area (Å²) < 4.78 is 64.2. The van der Waals surface area contributed by atoms with Crippen LogP contribution in [-0.4, -0.2) is 165 Å². The first-order valence-corrected chi connectivity index (χ1v) is 13.8. The van der Waals surface area contributed by atoms with Crippen LogP contribution < -0.4 is 0 Å². The van der Waals surface area contributed by atoms with Gasteiger partial charge in [0.25, 0.3) is 0 Å². The van der Waals surface area contributed by atoms with E-state index in [0.717, 1.165) is 0 Å². The van der Waals surface area contributed by atoms with Crippen LogP contribution in [-0.2, 0) is 56.8 Å². The van der Waals surface area contributed by atoms with Crippen LogP contribution in [0.4, 0.5) is 0 Å². The van der Waals surface area contributed by atoms with E-state index in [0.29, 0.717) is 158 Å². The summed E-state index contributed by atoms with van der Waals surface area (Å²) in [6, 6.07) is 0. The van der Waals surface area contributed by atoms with Gasteiger partial charge in [0, 0.05) is 13.0 Å². The van der Waals surface area contributed by atoms with Crippen molar-refractivity contribution >= 4 is 11.6 Å². The Bertz CT molecular complexity index is 377. The van der Waals surface area contributed by atoms with Crippen LogP contribution in [0.15, 0.2) is 0 Å². The van der Waals surface area contributed by atoms with E-state index in [1.807, 2.05) is 0 Å². The Morgan fingerprint density at radius 3 is 0.579 bits per heavy atom. The van der Waals surface area contributed by atoms with E-state index in [9.17, 15) is 0 Å². The first kappa shape index (κ1) is 37.8. The molecular weight excluding hydrogens is 528 g/mol. The summed E-state index contributed by atoms with van der Waals surface area (Å²) in [5.41, 5.74) is 0. The average Bonchev–Trinajstić information content (AvgIpc) is 2.93. The van der Waals surface area contributed by atoms with Crippen LogP contribution >= 0.6 is 11.6 Å². The summed E-state index contributed by atoms with van der Waals surface area (Å²) in [5.74, 6) is 0.499. The van der Waals surface area contributed by atoms with Crippen molar-refractivity contribution in [3.63, 3.8) is 0 Å². The zero-order valence-electron chi connectivity index (χ0n) is 23.2. The minimum atomic E-state index is 0.499. The zero-order chi connectivity index (χ0) is 27.5. The fourth-order valence-electron chi connectivity index (χ4n) is 2.50. The molecule has 0 aromatic carbocycles. The number of halogens is 1. The third-order valence-corrected chi connectivity index (χ3v) is 4.53. The minimum absolute atomic E-state index is 0.499. The van der Waals surface area contributed by atoms with E-state index in [2.05, 4.69) is 0 Å². The largest absolute Gasteiger partial charge is 0.382 e. The lowest BCUT2D eigenvalue weighted by Gasteiger charge is -2.09. The molecule has 0 unspecified atom stereocenters. The Balaban J connectivity index is 3.01. The molecule has 0 aliphatic heterocycles. The molecule has 0 radical (unpaired) electrons. The molecule has 0 amide bonds. The average molecular weight is 579 g/mol. The van der Waals surface area contributed by atoms with E-state index < -0.39 is 0 Å². The Hall–Kier alpha value is -0.190. The number of rotatable bonds is 35. The van der Waals surface area contributed by atoms with Crippen molar-refractivity contribution in [2.45, 2.75) is 0 Å². The summed E-state index contributed by atoms with van der Waals surface area (Å²) in [7, 11) is 1.65. The van der Waals surface area contributed by atoms with Gasteiger partial charge in [-0.3, -0.25) is 0 Å². The number of hydrogen-bond donors (Lipinski definition) is 0. The second-order valence-corrected chi connectivity index (χ2v) is 7.80. The highest BCUT2D eigenvalue weighted by Gasteiger charge is 1.96. The van der Waals surface area contributed by atoms with Gasteiger partial charge in [-0.2, -0.15) is 0 Å². The van der Waals surface area contributed by atoms with Crippen molar-refractivity contribution in [2.24, 2.45) is 0 Å². The van der Waals surface area contributed by atoms with Crippen LogP contribution in [0.2, 0.25) is 0 Å². The third kappa shape index (κ3) is 35.8. The highest BCUT2D eigenvalue weighted by Crippen LogP contribution is 1.87. The second kappa shape index (κ2) is 36.8. The third-order valence-electron chi connectivity index (χ3n) is 4.37. The maximum atomic E-state index is 5.50. The lowest BCUT2D eigenvalue weighted by atomic mass is 10.6. The fourth-order valence-corrected chi connectivity index (χ4v) is 2.61. The van der Waals surface area contributed by atoms with E-state index in [1.54, 1.807) is 7.11 Å². The van der Waals surface area contributed by atoms with Crippen molar-refractivity contribution in [3.05, 3.63) is 0 Å². The van der Waals surface area contributed by atoms with E-state index >= 15 is 0 Å². The Morgan fingerprint density at radius 1 is 0.263 bits per heavy atom. The smallest absolute Gasteiger partial charge is 0.0701 e. The summed E-state index contributed by atoms with van der Waals surface area (Å²) >= 11 is 5.50. The van der Waals surface area contributed by atoms with Gasteiger partial charge in [0.15, 0.2) is 0 Å². The summed E-state index contributed by atoms with van der Waals surface area (Å²) in [5, 5.41) is 0. The van der Waals surface area contributed by atoms with Gasteiger partial charge in [-0.05, 0) is 0 Å². The van der Waals surface area contributed by atoms with Crippen LogP contribution in [0.25, 0.3) is 0 Å². The predicted octanol–water partition coefficient (Wildman–Crippen LogP) is 1.05. The van der Waals surface area contributed by atoms with Crippen LogP contribution in [0.1, 0.15) is 0 Å². The molecule has 0 fully saturated rings. The Kier molecular flexibility index (Phi) is 36.6. The predicted molar refractivity (Wildman–Crippen MR) is 142 cm³/mol. The van der Waals surface area contributed by atoms with Crippen molar-refractivity contribution in [2.75, 3.05) is 165 Å². The summed E-state index contributed by atoms with van der Waals surface area (Å²) in [6.45, 7) is 12.3. The molecule has 0 rings (SSSR count). The van der Waals surface area contributed by atoms with Crippen molar-refractivity contribution in [1.29, 1.82) is 0 Å². The molecule has 0 saturated carbocycles. The van der Waals surface area contributed by atoms with Gasteiger partial charge in [0.1, 0.15) is 0 Å². The van der Waals surface area contributed by atoms with E-state index in [-0.39, 0.29) is 0 Å². The van der Waals surface area contributed by atoms with Crippen molar-refractivity contribution in [1.82, 2.24) is 0 Å². The SMILES string of the molecule is COCCOCCOCCOCCOCCOCCOCCOCCOCCOCCOCCOCCCl. The van der Waals surface area contributed by atoms with Crippen molar-refractivity contribution in [3.8, 4) is 0 Å². The van der Waals surface area contributed by atoms with Crippen LogP contribution in [0, 0.1) is 0 Å². The molecule has 0 aromatic rings. The van der Waals surface area contributed by atoms with Crippen LogP contribution in [0.5, 0.6) is 0 Å². The van der Waals surface area contributed by atoms with Gasteiger partial charge < -0.3 is 56.8 Å². The molecular formula is C25H51ClO12. The number of alkyl halides is 1. The first-order valence-electron chi connectivity index (χ1n) is 13.3. The molecule has 12 nitrogen and oxygen atoms in total. The van der Waals surface area contributed by atoms with Crippen molar-refractivity contribution < 1.29 is 56.8 Å². The molecule has 38 heavy (non-hydrogen) atoms. The fraction of sp³-hybridized carbons (Fsp3) is 1.00. The molecule has 0 bridgehead atoms. The van der Waals surface area contributed by atoms with Gasteiger partial charge in [-0.15, -0.1) is 11.6 Å². The number of hydrogen-bond acceptors (Lipinski definition) is 12. The molecule has 0 saturated heterocycles.